The normalized spacial score (nSPS) is 10.6. The third-order valence-electron chi connectivity index (χ3n) is 2.76. The lowest BCUT2D eigenvalue weighted by atomic mass is 10.2. The van der Waals surface area contributed by atoms with Crippen LogP contribution < -0.4 is 5.43 Å². The Morgan fingerprint density at radius 1 is 1.41 bits per heavy atom. The molecule has 2 aromatic rings. The molecule has 0 fully saturated rings. The number of halogens is 1. The van der Waals surface area contributed by atoms with Crippen LogP contribution in [0, 0.1) is 17.0 Å². The van der Waals surface area contributed by atoms with Gasteiger partial charge in [-0.05, 0) is 25.1 Å². The SMILES string of the molecule is Cc1ccc(C(=O)N/N=C\c2c(Cl)cccc2[N+](=O)[O-])cn1. The van der Waals surface area contributed by atoms with E-state index >= 15 is 0 Å². The molecule has 0 aliphatic rings. The highest BCUT2D eigenvalue weighted by atomic mass is 35.5. The summed E-state index contributed by atoms with van der Waals surface area (Å²) in [6, 6.07) is 7.57. The average Bonchev–Trinajstić information content (AvgIpc) is 2.49. The number of pyridine rings is 1. The monoisotopic (exact) mass is 318 g/mol. The molecule has 1 aromatic heterocycles. The lowest BCUT2D eigenvalue weighted by Gasteiger charge is -2.01. The third-order valence-corrected chi connectivity index (χ3v) is 3.09. The Balaban J connectivity index is 2.15. The van der Waals surface area contributed by atoms with Crippen molar-refractivity contribution in [3.05, 3.63) is 68.5 Å². The number of hydrogen-bond acceptors (Lipinski definition) is 5. The fourth-order valence-corrected chi connectivity index (χ4v) is 1.85. The minimum absolute atomic E-state index is 0.122. The Bertz CT molecular complexity index is 744. The van der Waals surface area contributed by atoms with Gasteiger partial charge in [0.05, 0.1) is 27.3 Å². The first-order valence-corrected chi connectivity index (χ1v) is 6.56. The number of nitrogens with one attached hydrogen (secondary N) is 1. The third kappa shape index (κ3) is 3.64. The highest BCUT2D eigenvalue weighted by Crippen LogP contribution is 2.24. The number of nitro benzene ring substituents is 1. The van der Waals surface area contributed by atoms with Gasteiger partial charge in [0.15, 0.2) is 0 Å². The summed E-state index contributed by atoms with van der Waals surface area (Å²) < 4.78 is 0. The van der Waals surface area contributed by atoms with E-state index in [9.17, 15) is 14.9 Å². The van der Waals surface area contributed by atoms with Crippen molar-refractivity contribution in [1.82, 2.24) is 10.4 Å². The fourth-order valence-electron chi connectivity index (χ4n) is 1.63. The highest BCUT2D eigenvalue weighted by molar-refractivity contribution is 6.33. The second-order valence-electron chi connectivity index (χ2n) is 4.32. The quantitative estimate of drug-likeness (QED) is 0.532. The van der Waals surface area contributed by atoms with Crippen molar-refractivity contribution < 1.29 is 9.72 Å². The van der Waals surface area contributed by atoms with Crippen LogP contribution in [0.4, 0.5) is 5.69 Å². The molecule has 0 aliphatic carbocycles. The Kier molecular flexibility index (Phi) is 4.80. The second kappa shape index (κ2) is 6.77. The van der Waals surface area contributed by atoms with Crippen molar-refractivity contribution in [3.8, 4) is 0 Å². The van der Waals surface area contributed by atoms with Crippen LogP contribution in [0.15, 0.2) is 41.6 Å². The lowest BCUT2D eigenvalue weighted by Crippen LogP contribution is -2.18. The zero-order chi connectivity index (χ0) is 16.1. The molecule has 22 heavy (non-hydrogen) atoms. The molecule has 0 saturated heterocycles. The van der Waals surface area contributed by atoms with Crippen LogP contribution in [-0.4, -0.2) is 22.0 Å². The summed E-state index contributed by atoms with van der Waals surface area (Å²) in [4.78, 5) is 26.2. The minimum atomic E-state index is -0.570. The van der Waals surface area contributed by atoms with Gasteiger partial charge in [-0.2, -0.15) is 5.10 Å². The van der Waals surface area contributed by atoms with E-state index in [4.69, 9.17) is 11.6 Å². The number of rotatable bonds is 4. The van der Waals surface area contributed by atoms with Gasteiger partial charge in [-0.3, -0.25) is 19.9 Å². The van der Waals surface area contributed by atoms with Crippen LogP contribution in [0.3, 0.4) is 0 Å². The number of hydrogen-bond donors (Lipinski definition) is 1. The Morgan fingerprint density at radius 3 is 2.82 bits per heavy atom. The largest absolute Gasteiger partial charge is 0.279 e. The molecular weight excluding hydrogens is 308 g/mol. The van der Waals surface area contributed by atoms with Crippen molar-refractivity contribution in [2.45, 2.75) is 6.92 Å². The smallest absolute Gasteiger partial charge is 0.267 e. The molecule has 0 unspecified atom stereocenters. The number of aryl methyl sites for hydroxylation is 1. The lowest BCUT2D eigenvalue weighted by molar-refractivity contribution is -0.385. The zero-order valence-corrected chi connectivity index (χ0v) is 12.2. The van der Waals surface area contributed by atoms with Crippen LogP contribution in [0.1, 0.15) is 21.6 Å². The summed E-state index contributed by atoms with van der Waals surface area (Å²) in [5, 5.41) is 14.8. The van der Waals surface area contributed by atoms with Crippen LogP contribution in [0.5, 0.6) is 0 Å². The van der Waals surface area contributed by atoms with Crippen molar-refractivity contribution in [2.24, 2.45) is 5.10 Å². The predicted octanol–water partition coefficient (Wildman–Crippen LogP) is 2.72. The standard InChI is InChI=1S/C14H11ClN4O3/c1-9-5-6-10(7-16-9)14(20)18-17-8-11-12(15)3-2-4-13(11)19(21)22/h2-8H,1H3,(H,18,20)/b17-8-. The van der Waals surface area contributed by atoms with Gasteiger partial charge < -0.3 is 0 Å². The van der Waals surface area contributed by atoms with E-state index in [-0.39, 0.29) is 16.3 Å². The summed E-state index contributed by atoms with van der Waals surface area (Å²) in [6.45, 7) is 1.80. The van der Waals surface area contributed by atoms with Crippen LogP contribution in [0.25, 0.3) is 0 Å². The maximum atomic E-state index is 11.8. The summed E-state index contributed by atoms with van der Waals surface area (Å²) in [6.07, 6.45) is 2.55. The maximum Gasteiger partial charge on any atom is 0.279 e. The van der Waals surface area contributed by atoms with Crippen molar-refractivity contribution in [2.75, 3.05) is 0 Å². The van der Waals surface area contributed by atoms with Crippen LogP contribution >= 0.6 is 11.6 Å². The van der Waals surface area contributed by atoms with Gasteiger partial charge in [-0.15, -0.1) is 0 Å². The molecule has 2 rings (SSSR count). The minimum Gasteiger partial charge on any atom is -0.267 e. The molecule has 1 aromatic carbocycles. The van der Waals surface area contributed by atoms with Crippen molar-refractivity contribution >= 4 is 29.4 Å². The van der Waals surface area contributed by atoms with E-state index in [0.29, 0.717) is 5.56 Å². The molecule has 0 radical (unpaired) electrons. The average molecular weight is 319 g/mol. The number of aromatic nitrogens is 1. The van der Waals surface area contributed by atoms with E-state index < -0.39 is 10.8 Å². The number of nitrogens with zero attached hydrogens (tertiary/aromatic N) is 3. The van der Waals surface area contributed by atoms with Crippen LogP contribution in [-0.2, 0) is 0 Å². The fraction of sp³-hybridized carbons (Fsp3) is 0.0714. The van der Waals surface area contributed by atoms with Gasteiger partial charge in [-0.25, -0.2) is 5.43 Å². The Labute approximate surface area is 130 Å². The van der Waals surface area contributed by atoms with Gasteiger partial charge in [0.1, 0.15) is 0 Å². The summed E-state index contributed by atoms with van der Waals surface area (Å²) >= 11 is 5.90. The first kappa shape index (κ1) is 15.6. The molecule has 0 atom stereocenters. The molecule has 112 valence electrons. The molecule has 1 heterocycles. The summed E-state index contributed by atoms with van der Waals surface area (Å²) in [5.74, 6) is -0.474. The predicted molar refractivity (Wildman–Crippen MR) is 82.1 cm³/mol. The van der Waals surface area contributed by atoms with Gasteiger partial charge in [-0.1, -0.05) is 17.7 Å². The number of carbonyl (C=O) groups excluding carboxylic acids is 1. The molecule has 0 saturated carbocycles. The van der Waals surface area contributed by atoms with E-state index in [0.717, 1.165) is 11.9 Å². The van der Waals surface area contributed by atoms with Gasteiger partial charge >= 0.3 is 0 Å². The molecule has 7 nitrogen and oxygen atoms in total. The zero-order valence-electron chi connectivity index (χ0n) is 11.5. The van der Waals surface area contributed by atoms with E-state index in [2.05, 4.69) is 15.5 Å². The molecule has 8 heteroatoms. The molecule has 1 amide bonds. The van der Waals surface area contributed by atoms with Crippen molar-refractivity contribution in [1.29, 1.82) is 0 Å². The number of hydrazone groups is 1. The molecule has 1 N–H and O–H groups in total. The molecule has 0 aliphatic heterocycles. The van der Waals surface area contributed by atoms with E-state index in [1.165, 1.54) is 24.4 Å². The number of carbonyl (C=O) groups is 1. The number of amides is 1. The van der Waals surface area contributed by atoms with Gasteiger partial charge in [0.2, 0.25) is 0 Å². The molecule has 0 bridgehead atoms. The number of nitro groups is 1. The van der Waals surface area contributed by atoms with E-state index in [1.54, 1.807) is 19.1 Å². The van der Waals surface area contributed by atoms with Crippen molar-refractivity contribution in [3.63, 3.8) is 0 Å². The highest BCUT2D eigenvalue weighted by Gasteiger charge is 2.14. The maximum absolute atomic E-state index is 11.8. The summed E-state index contributed by atoms with van der Waals surface area (Å²) in [7, 11) is 0. The molecule has 0 spiro atoms. The Morgan fingerprint density at radius 2 is 2.18 bits per heavy atom. The van der Waals surface area contributed by atoms with Crippen LogP contribution in [0.2, 0.25) is 5.02 Å². The van der Waals surface area contributed by atoms with E-state index in [1.807, 2.05) is 0 Å². The first-order chi connectivity index (χ1) is 10.5. The summed E-state index contributed by atoms with van der Waals surface area (Å²) in [5.41, 5.74) is 3.31. The van der Waals surface area contributed by atoms with Gasteiger partial charge in [0.25, 0.3) is 11.6 Å². The second-order valence-corrected chi connectivity index (χ2v) is 4.72. The molecular formula is C14H11ClN4O3. The Hall–Kier alpha value is -2.80. The van der Waals surface area contributed by atoms with Gasteiger partial charge in [0, 0.05) is 18.0 Å². The first-order valence-electron chi connectivity index (χ1n) is 6.18. The topological polar surface area (TPSA) is 97.5 Å². The number of benzene rings is 1.